The van der Waals surface area contributed by atoms with E-state index in [0.717, 1.165) is 6.92 Å². The monoisotopic (exact) mass is 276 g/mol. The molecule has 0 aromatic carbocycles. The predicted molar refractivity (Wildman–Crippen MR) is 47.5 cm³/mol. The summed E-state index contributed by atoms with van der Waals surface area (Å²) in [5.41, 5.74) is -0.138. The van der Waals surface area contributed by atoms with Gasteiger partial charge in [-0.1, -0.05) is 6.58 Å². The van der Waals surface area contributed by atoms with Crippen LogP contribution in [-0.2, 0) is 19.1 Å². The second-order valence-electron chi connectivity index (χ2n) is 3.23. The van der Waals surface area contributed by atoms with Crippen molar-refractivity contribution in [3.63, 3.8) is 0 Å². The number of hydrogen-bond donors (Lipinski definition) is 0. The van der Waals surface area contributed by atoms with Crippen molar-refractivity contribution in [1.29, 1.82) is 0 Å². The Morgan fingerprint density at radius 2 is 1.56 bits per heavy atom. The van der Waals surface area contributed by atoms with Crippen molar-refractivity contribution >= 4 is 11.9 Å². The highest BCUT2D eigenvalue weighted by Crippen LogP contribution is 2.36. The van der Waals surface area contributed by atoms with Gasteiger partial charge in [0.2, 0.25) is 6.29 Å². The van der Waals surface area contributed by atoms with E-state index < -0.39 is 30.3 Å². The zero-order valence-corrected chi connectivity index (χ0v) is 9.31. The van der Waals surface area contributed by atoms with Crippen molar-refractivity contribution in [1.82, 2.24) is 0 Å². The topological polar surface area (TPSA) is 52.6 Å². The molecule has 0 rings (SSSR count). The number of alkyl halides is 5. The normalized spacial score (nSPS) is 13.7. The molecule has 0 fully saturated rings. The van der Waals surface area contributed by atoms with Crippen molar-refractivity contribution in [3.8, 4) is 0 Å². The van der Waals surface area contributed by atoms with Gasteiger partial charge >= 0.3 is 24.0 Å². The molecular formula is C9H9F5O4. The molecule has 18 heavy (non-hydrogen) atoms. The molecule has 1 atom stereocenters. The molecule has 0 aliphatic rings. The van der Waals surface area contributed by atoms with Crippen LogP contribution in [0.5, 0.6) is 0 Å². The Balaban J connectivity index is 4.59. The minimum Gasteiger partial charge on any atom is -0.422 e. The maximum atomic E-state index is 12.4. The lowest BCUT2D eigenvalue weighted by molar-refractivity contribution is -0.286. The summed E-state index contributed by atoms with van der Waals surface area (Å²) in [7, 11) is 0. The van der Waals surface area contributed by atoms with Gasteiger partial charge in [-0.25, -0.2) is 9.59 Å². The first-order valence-electron chi connectivity index (χ1n) is 4.41. The van der Waals surface area contributed by atoms with Gasteiger partial charge in [0, 0.05) is 12.5 Å². The first-order valence-corrected chi connectivity index (χ1v) is 4.41. The lowest BCUT2D eigenvalue weighted by Crippen LogP contribution is -2.46. The number of carbonyl (C=O) groups is 2. The Bertz CT molecular complexity index is 360. The van der Waals surface area contributed by atoms with E-state index in [4.69, 9.17) is 0 Å². The van der Waals surface area contributed by atoms with Crippen LogP contribution in [0.1, 0.15) is 13.8 Å². The van der Waals surface area contributed by atoms with E-state index in [1.165, 1.54) is 6.92 Å². The van der Waals surface area contributed by atoms with E-state index in [1.54, 1.807) is 0 Å². The Labute approximate surface area is 98.3 Å². The molecular weight excluding hydrogens is 267 g/mol. The minimum absolute atomic E-state index is 0.138. The Hall–Kier alpha value is -1.67. The van der Waals surface area contributed by atoms with Crippen LogP contribution < -0.4 is 0 Å². The standard InChI is InChI=1S/C9H9F5O4/c1-4(2)6(15)17-5(3)18-7(16)8(10,11)9(12,13)14/h5H,1H2,2-3H3. The highest BCUT2D eigenvalue weighted by Gasteiger charge is 2.65. The number of carbonyl (C=O) groups excluding carboxylic acids is 2. The van der Waals surface area contributed by atoms with Crippen molar-refractivity contribution < 1.29 is 41.0 Å². The van der Waals surface area contributed by atoms with Gasteiger partial charge in [0.05, 0.1) is 0 Å². The van der Waals surface area contributed by atoms with Gasteiger partial charge in [-0.3, -0.25) is 0 Å². The Morgan fingerprint density at radius 3 is 1.89 bits per heavy atom. The van der Waals surface area contributed by atoms with Crippen LogP contribution in [0.25, 0.3) is 0 Å². The molecule has 0 saturated heterocycles. The van der Waals surface area contributed by atoms with E-state index >= 15 is 0 Å². The summed E-state index contributed by atoms with van der Waals surface area (Å²) in [6.07, 6.45) is -7.97. The second-order valence-corrected chi connectivity index (χ2v) is 3.23. The fourth-order valence-corrected chi connectivity index (χ4v) is 0.616. The van der Waals surface area contributed by atoms with Gasteiger partial charge in [-0.05, 0) is 6.92 Å². The summed E-state index contributed by atoms with van der Waals surface area (Å²) in [5, 5.41) is 0. The summed E-state index contributed by atoms with van der Waals surface area (Å²) in [4.78, 5) is 21.4. The van der Waals surface area contributed by atoms with E-state index in [9.17, 15) is 31.5 Å². The van der Waals surface area contributed by atoms with Crippen LogP contribution in [0, 0.1) is 0 Å². The molecule has 0 radical (unpaired) electrons. The molecule has 0 amide bonds. The molecule has 0 bridgehead atoms. The zero-order chi connectivity index (χ0) is 14.7. The first kappa shape index (κ1) is 16.3. The average Bonchev–Trinajstić information content (AvgIpc) is 2.14. The van der Waals surface area contributed by atoms with E-state index in [1.807, 2.05) is 0 Å². The molecule has 0 aromatic heterocycles. The summed E-state index contributed by atoms with van der Waals surface area (Å²) < 4.78 is 68.0. The summed E-state index contributed by atoms with van der Waals surface area (Å²) in [6.45, 7) is 5.15. The van der Waals surface area contributed by atoms with Crippen LogP contribution in [0.15, 0.2) is 12.2 Å². The van der Waals surface area contributed by atoms with Crippen molar-refractivity contribution in [2.24, 2.45) is 0 Å². The number of halogens is 5. The van der Waals surface area contributed by atoms with Gasteiger partial charge < -0.3 is 9.47 Å². The Morgan fingerprint density at radius 1 is 1.11 bits per heavy atom. The first-order chi connectivity index (χ1) is 7.89. The molecule has 104 valence electrons. The fraction of sp³-hybridized carbons (Fsp3) is 0.556. The average molecular weight is 276 g/mol. The largest absolute Gasteiger partial charge is 0.465 e. The quantitative estimate of drug-likeness (QED) is 0.342. The van der Waals surface area contributed by atoms with Crippen molar-refractivity contribution in [3.05, 3.63) is 12.2 Å². The molecule has 0 heterocycles. The number of rotatable bonds is 4. The van der Waals surface area contributed by atoms with Gasteiger partial charge in [-0.15, -0.1) is 0 Å². The van der Waals surface area contributed by atoms with Crippen LogP contribution in [-0.4, -0.2) is 30.3 Å². The van der Waals surface area contributed by atoms with Gasteiger partial charge in [0.25, 0.3) is 0 Å². The van der Waals surface area contributed by atoms with E-state index in [-0.39, 0.29) is 5.57 Å². The third-order valence-electron chi connectivity index (χ3n) is 1.51. The summed E-state index contributed by atoms with van der Waals surface area (Å²) in [5.74, 6) is -9.61. The molecule has 0 N–H and O–H groups in total. The van der Waals surface area contributed by atoms with Crippen LogP contribution >= 0.6 is 0 Å². The number of hydrogen-bond acceptors (Lipinski definition) is 4. The predicted octanol–water partition coefficient (Wildman–Crippen LogP) is 2.19. The third kappa shape index (κ3) is 3.97. The molecule has 0 aliphatic carbocycles. The molecule has 0 aliphatic heterocycles. The summed E-state index contributed by atoms with van der Waals surface area (Å²) >= 11 is 0. The van der Waals surface area contributed by atoms with Crippen LogP contribution in [0.2, 0.25) is 0 Å². The van der Waals surface area contributed by atoms with Crippen LogP contribution in [0.3, 0.4) is 0 Å². The molecule has 9 heteroatoms. The third-order valence-corrected chi connectivity index (χ3v) is 1.51. The van der Waals surface area contributed by atoms with Gasteiger partial charge in [-0.2, -0.15) is 22.0 Å². The molecule has 0 saturated carbocycles. The molecule has 0 spiro atoms. The molecule has 1 unspecified atom stereocenters. The van der Waals surface area contributed by atoms with Crippen LogP contribution in [0.4, 0.5) is 22.0 Å². The highest BCUT2D eigenvalue weighted by atomic mass is 19.4. The molecule has 4 nitrogen and oxygen atoms in total. The smallest absolute Gasteiger partial charge is 0.422 e. The summed E-state index contributed by atoms with van der Waals surface area (Å²) in [6, 6.07) is 0. The minimum atomic E-state index is -6.08. The number of ether oxygens (including phenoxy) is 2. The fourth-order valence-electron chi connectivity index (χ4n) is 0.616. The van der Waals surface area contributed by atoms with Crippen molar-refractivity contribution in [2.45, 2.75) is 32.2 Å². The maximum Gasteiger partial charge on any atom is 0.465 e. The zero-order valence-electron chi connectivity index (χ0n) is 9.31. The van der Waals surface area contributed by atoms with Crippen molar-refractivity contribution in [2.75, 3.05) is 0 Å². The lowest BCUT2D eigenvalue weighted by Gasteiger charge is -2.20. The second kappa shape index (κ2) is 5.32. The SMILES string of the molecule is C=C(C)C(=O)OC(C)OC(=O)C(F)(F)C(F)(F)F. The highest BCUT2D eigenvalue weighted by molar-refractivity contribution is 5.87. The number of esters is 2. The molecule has 0 aromatic rings. The Kier molecular flexibility index (Phi) is 4.82. The maximum absolute atomic E-state index is 12.4. The van der Waals surface area contributed by atoms with E-state index in [2.05, 4.69) is 16.1 Å². The lowest BCUT2D eigenvalue weighted by atomic mass is 10.3. The van der Waals surface area contributed by atoms with E-state index in [0.29, 0.717) is 0 Å². The van der Waals surface area contributed by atoms with Gasteiger partial charge in [0.15, 0.2) is 0 Å². The van der Waals surface area contributed by atoms with Gasteiger partial charge in [0.1, 0.15) is 0 Å².